The van der Waals surface area contributed by atoms with E-state index in [-0.39, 0.29) is 24.2 Å². The van der Waals surface area contributed by atoms with Crippen LogP contribution in [-0.2, 0) is 0 Å². The van der Waals surface area contributed by atoms with Crippen molar-refractivity contribution in [3.8, 4) is 33.9 Å². The van der Waals surface area contributed by atoms with Gasteiger partial charge in [-0.25, -0.2) is 0 Å². The maximum atomic E-state index is 9.06. The molecule has 0 fully saturated rings. The monoisotopic (exact) mass is 818 g/mol. The molecule has 0 spiro atoms. The molecule has 0 aliphatic carbocycles. The van der Waals surface area contributed by atoms with Gasteiger partial charge in [-0.05, 0) is 96.5 Å². The van der Waals surface area contributed by atoms with Crippen LogP contribution in [0.5, 0.6) is 0 Å². The second kappa shape index (κ2) is 13.4. The molecule has 4 aromatic heterocycles. The highest BCUT2D eigenvalue weighted by Crippen LogP contribution is 2.41. The largest absolute Gasteiger partial charge is 0.309 e. The molecule has 64 heavy (non-hydrogen) atoms. The first kappa shape index (κ1) is 31.3. The van der Waals surface area contributed by atoms with Gasteiger partial charge >= 0.3 is 0 Å². The molecule has 0 saturated carbocycles. The molecule has 4 heterocycles. The van der Waals surface area contributed by atoms with Gasteiger partial charge in [0.05, 0.1) is 55.3 Å². The van der Waals surface area contributed by atoms with Gasteiger partial charge in [-0.15, -0.1) is 0 Å². The summed E-state index contributed by atoms with van der Waals surface area (Å²) >= 11 is 0. The van der Waals surface area contributed by atoms with E-state index in [0.29, 0.717) is 10.9 Å². The lowest BCUT2D eigenvalue weighted by molar-refractivity contribution is 1.16. The molecule has 298 valence electrons. The molecule has 0 atom stereocenters. The van der Waals surface area contributed by atoms with Crippen LogP contribution in [0.15, 0.2) is 230 Å². The van der Waals surface area contributed by atoms with Crippen LogP contribution in [0.2, 0.25) is 0 Å². The Balaban J connectivity index is 0.935. The van der Waals surface area contributed by atoms with Crippen LogP contribution in [0.25, 0.3) is 121 Å². The van der Waals surface area contributed by atoms with Gasteiger partial charge in [-0.1, -0.05) is 139 Å². The van der Waals surface area contributed by atoms with Crippen molar-refractivity contribution in [3.63, 3.8) is 0 Å². The van der Waals surface area contributed by atoms with Gasteiger partial charge in [0.1, 0.15) is 0 Å². The lowest BCUT2D eigenvalue weighted by atomic mass is 10.0. The number of aromatic nitrogens is 4. The zero-order valence-electron chi connectivity index (χ0n) is 38.4. The van der Waals surface area contributed by atoms with E-state index >= 15 is 0 Å². The van der Waals surface area contributed by atoms with Crippen LogP contribution >= 0.6 is 0 Å². The van der Waals surface area contributed by atoms with E-state index in [1.54, 1.807) is 0 Å². The van der Waals surface area contributed by atoms with Crippen molar-refractivity contribution in [2.24, 2.45) is 0 Å². The third-order valence-corrected chi connectivity index (χ3v) is 13.3. The number of benzene rings is 10. The van der Waals surface area contributed by atoms with Crippen molar-refractivity contribution in [2.75, 3.05) is 0 Å². The zero-order valence-corrected chi connectivity index (χ0v) is 34.4. The van der Waals surface area contributed by atoms with E-state index in [1.807, 2.05) is 28.8 Å². The van der Waals surface area contributed by atoms with Crippen molar-refractivity contribution in [2.45, 2.75) is 0 Å². The smallest absolute Gasteiger partial charge is 0.0645 e. The van der Waals surface area contributed by atoms with Gasteiger partial charge in [0.25, 0.3) is 0 Å². The van der Waals surface area contributed by atoms with Crippen molar-refractivity contribution in [1.82, 2.24) is 18.3 Å². The Hall–Kier alpha value is -8.60. The number of hydrogen-bond acceptors (Lipinski definition) is 0. The second-order valence-electron chi connectivity index (χ2n) is 16.6. The van der Waals surface area contributed by atoms with Crippen molar-refractivity contribution in [3.05, 3.63) is 230 Å². The fraction of sp³-hybridized carbons (Fsp3) is 0. The highest BCUT2D eigenvalue weighted by molar-refractivity contribution is 6.14. The molecule has 0 aliphatic heterocycles. The predicted molar refractivity (Wildman–Crippen MR) is 269 cm³/mol. The Morgan fingerprint density at radius 1 is 0.266 bits per heavy atom. The molecule has 10 aromatic carbocycles. The Morgan fingerprint density at radius 2 is 0.672 bits per heavy atom. The normalized spacial score (nSPS) is 12.9. The van der Waals surface area contributed by atoms with Crippen LogP contribution in [0.4, 0.5) is 0 Å². The first-order chi connectivity index (χ1) is 33.4. The molecule has 0 bridgehead atoms. The highest BCUT2D eigenvalue weighted by Gasteiger charge is 2.20. The third kappa shape index (κ3) is 4.93. The molecule has 4 nitrogen and oxygen atoms in total. The molecule has 14 aromatic rings. The molecule has 0 aliphatic rings. The summed E-state index contributed by atoms with van der Waals surface area (Å²) in [5.41, 5.74) is 14.3. The second-order valence-corrected chi connectivity index (χ2v) is 16.6. The van der Waals surface area contributed by atoms with E-state index in [1.165, 1.54) is 32.6 Å². The van der Waals surface area contributed by atoms with Gasteiger partial charge in [-0.2, -0.15) is 0 Å². The summed E-state index contributed by atoms with van der Waals surface area (Å²) in [5.74, 6) is 0. The van der Waals surface area contributed by atoms with Gasteiger partial charge in [0, 0.05) is 65.7 Å². The number of para-hydroxylation sites is 7. The summed E-state index contributed by atoms with van der Waals surface area (Å²) in [7, 11) is 0. The van der Waals surface area contributed by atoms with E-state index in [2.05, 4.69) is 196 Å². The topological polar surface area (TPSA) is 19.7 Å². The molecule has 0 N–H and O–H groups in total. The first-order valence-corrected chi connectivity index (χ1v) is 21.7. The summed E-state index contributed by atoms with van der Waals surface area (Å²) < 4.78 is 44.2. The fourth-order valence-electron chi connectivity index (χ4n) is 10.6. The quantitative estimate of drug-likeness (QED) is 0.165. The third-order valence-electron chi connectivity index (χ3n) is 13.3. The molecule has 0 unspecified atom stereocenters. The summed E-state index contributed by atoms with van der Waals surface area (Å²) in [6, 6.07) is 72.5. The Kier molecular flexibility index (Phi) is 6.57. The highest BCUT2D eigenvalue weighted by atomic mass is 15.0. The SMILES string of the molecule is [2H]c1c([2H])c([2H])c2c(c1[2H])c1ccccc1n2-c1ccc2c(c1)c1ccccc1n2-c1cccc(-c2ccccc2-n2c3ccccc3c3cc(-n4c5ccccc5c5ccccc54)ccc32)c1. The van der Waals surface area contributed by atoms with E-state index in [9.17, 15) is 0 Å². The van der Waals surface area contributed by atoms with Crippen LogP contribution in [0.1, 0.15) is 5.48 Å². The molecule has 0 saturated heterocycles. The average molecular weight is 819 g/mol. The Morgan fingerprint density at radius 3 is 1.25 bits per heavy atom. The van der Waals surface area contributed by atoms with Gasteiger partial charge in [0.2, 0.25) is 0 Å². The minimum absolute atomic E-state index is 0.0297. The van der Waals surface area contributed by atoms with Crippen LogP contribution in [0, 0.1) is 0 Å². The summed E-state index contributed by atoms with van der Waals surface area (Å²) in [5, 5.41) is 8.31. The summed E-state index contributed by atoms with van der Waals surface area (Å²) in [6.45, 7) is 0. The maximum Gasteiger partial charge on any atom is 0.0645 e. The molecule has 14 rings (SSSR count). The molecule has 0 amide bonds. The Bertz CT molecular complexity index is 4400. The predicted octanol–water partition coefficient (Wildman–Crippen LogP) is 15.7. The first-order valence-electron chi connectivity index (χ1n) is 23.7. The van der Waals surface area contributed by atoms with Crippen LogP contribution < -0.4 is 0 Å². The Labute approximate surface area is 373 Å². The number of rotatable bonds is 5. The van der Waals surface area contributed by atoms with Crippen molar-refractivity contribution >= 4 is 87.2 Å². The minimum Gasteiger partial charge on any atom is -0.309 e. The zero-order chi connectivity index (χ0) is 45.4. The molecule has 4 heteroatoms. The number of fused-ring (bicyclic) bond motifs is 12. The fourth-order valence-corrected chi connectivity index (χ4v) is 10.6. The molecular formula is C60H38N4. The van der Waals surface area contributed by atoms with Crippen LogP contribution in [0.3, 0.4) is 0 Å². The van der Waals surface area contributed by atoms with Crippen molar-refractivity contribution < 1.29 is 5.48 Å². The lowest BCUT2D eigenvalue weighted by Crippen LogP contribution is -1.99. The van der Waals surface area contributed by atoms with Gasteiger partial charge < -0.3 is 18.3 Å². The summed E-state index contributed by atoms with van der Waals surface area (Å²) in [4.78, 5) is 0. The number of hydrogen-bond donors (Lipinski definition) is 0. The van der Waals surface area contributed by atoms with E-state index in [0.717, 1.165) is 77.6 Å². The molecule has 0 radical (unpaired) electrons. The van der Waals surface area contributed by atoms with Gasteiger partial charge in [-0.3, -0.25) is 0 Å². The maximum absolute atomic E-state index is 9.06. The van der Waals surface area contributed by atoms with E-state index in [4.69, 9.17) is 5.48 Å². The lowest BCUT2D eigenvalue weighted by Gasteiger charge is -2.16. The van der Waals surface area contributed by atoms with Crippen molar-refractivity contribution in [1.29, 1.82) is 0 Å². The van der Waals surface area contributed by atoms with Gasteiger partial charge in [0.15, 0.2) is 0 Å². The standard InChI is InChI=1S/C60H38N4/c1-8-25-52(64-58-31-14-7-24-49(58)51-38-42(33-35-60(51)64)63-55-28-11-4-21-46(55)47-22-5-12-29-56(47)63)43(18-1)39-16-15-17-40(36-39)61-57-30-13-6-23-48(57)50-37-41(32-34-59(50)61)62-53-26-9-2-19-44(53)45-20-3-10-27-54(45)62/h1-38H/i2D,9D,19D,26D. The van der Waals surface area contributed by atoms with Crippen LogP contribution in [-0.4, -0.2) is 18.3 Å². The summed E-state index contributed by atoms with van der Waals surface area (Å²) in [6.07, 6.45) is 0. The number of nitrogens with zero attached hydrogens (tertiary/aromatic N) is 4. The minimum atomic E-state index is -0.242. The molecular weight excluding hydrogens is 777 g/mol. The van der Waals surface area contributed by atoms with E-state index < -0.39 is 0 Å². The average Bonchev–Trinajstić information content (AvgIpc) is 4.12.